The van der Waals surface area contributed by atoms with Crippen molar-refractivity contribution in [1.82, 2.24) is 9.21 Å². The molecule has 0 atom stereocenters. The third kappa shape index (κ3) is 4.00. The second-order valence-electron chi connectivity index (χ2n) is 6.59. The van der Waals surface area contributed by atoms with Crippen molar-refractivity contribution in [2.24, 2.45) is 0 Å². The first-order valence-electron chi connectivity index (χ1n) is 8.52. The molecule has 0 aromatic heterocycles. The number of sulfonamides is 1. The van der Waals surface area contributed by atoms with Crippen molar-refractivity contribution in [2.75, 3.05) is 26.2 Å². The number of benzene rings is 2. The molecule has 1 saturated heterocycles. The van der Waals surface area contributed by atoms with Gasteiger partial charge in [-0.05, 0) is 43.7 Å². The standard InChI is InChI=1S/C19H20ClFN2O3S/c1-13-3-5-16(14(2)11-13)19(24)22-7-9-23(10-8-22)27(25,26)15-4-6-18(21)17(20)12-15/h3-6,11-12H,7-10H2,1-2H3. The maximum Gasteiger partial charge on any atom is 0.254 e. The molecule has 0 spiro atoms. The van der Waals surface area contributed by atoms with Gasteiger partial charge in [-0.1, -0.05) is 29.3 Å². The van der Waals surface area contributed by atoms with Gasteiger partial charge in [0.25, 0.3) is 5.91 Å². The highest BCUT2D eigenvalue weighted by Gasteiger charge is 2.31. The van der Waals surface area contributed by atoms with Crippen LogP contribution in [0.2, 0.25) is 5.02 Å². The van der Waals surface area contributed by atoms with Gasteiger partial charge in [-0.15, -0.1) is 0 Å². The van der Waals surface area contributed by atoms with Crippen molar-refractivity contribution < 1.29 is 17.6 Å². The van der Waals surface area contributed by atoms with Crippen molar-refractivity contribution in [2.45, 2.75) is 18.7 Å². The number of carbonyl (C=O) groups is 1. The van der Waals surface area contributed by atoms with Gasteiger partial charge in [-0.3, -0.25) is 4.79 Å². The molecule has 0 unspecified atom stereocenters. The lowest BCUT2D eigenvalue weighted by molar-refractivity contribution is 0.0697. The van der Waals surface area contributed by atoms with Crippen molar-refractivity contribution in [1.29, 1.82) is 0 Å². The first kappa shape index (κ1) is 19.8. The molecule has 3 rings (SSSR count). The monoisotopic (exact) mass is 410 g/mol. The Labute approximate surface area is 163 Å². The zero-order valence-corrected chi connectivity index (χ0v) is 16.6. The van der Waals surface area contributed by atoms with Gasteiger partial charge >= 0.3 is 0 Å². The molecule has 1 aliphatic rings. The smallest absolute Gasteiger partial charge is 0.254 e. The van der Waals surface area contributed by atoms with E-state index >= 15 is 0 Å². The fraction of sp³-hybridized carbons (Fsp3) is 0.316. The molecule has 1 heterocycles. The highest BCUT2D eigenvalue weighted by atomic mass is 35.5. The van der Waals surface area contributed by atoms with Crippen LogP contribution < -0.4 is 0 Å². The molecule has 5 nitrogen and oxygen atoms in total. The molecular weight excluding hydrogens is 391 g/mol. The molecule has 0 N–H and O–H groups in total. The molecule has 0 saturated carbocycles. The lowest BCUT2D eigenvalue weighted by Crippen LogP contribution is -2.50. The van der Waals surface area contributed by atoms with Gasteiger partial charge in [-0.25, -0.2) is 12.8 Å². The van der Waals surface area contributed by atoms with Gasteiger partial charge in [-0.2, -0.15) is 4.31 Å². The van der Waals surface area contributed by atoms with Gasteiger partial charge < -0.3 is 4.90 Å². The lowest BCUT2D eigenvalue weighted by Gasteiger charge is -2.34. The Hall–Kier alpha value is -1.96. The van der Waals surface area contributed by atoms with E-state index in [0.29, 0.717) is 18.7 Å². The van der Waals surface area contributed by atoms with Crippen LogP contribution in [0.5, 0.6) is 0 Å². The van der Waals surface area contributed by atoms with E-state index in [1.807, 2.05) is 26.0 Å². The lowest BCUT2D eigenvalue weighted by atomic mass is 10.0. The fourth-order valence-corrected chi connectivity index (χ4v) is 4.84. The molecule has 144 valence electrons. The Morgan fingerprint density at radius 1 is 1.04 bits per heavy atom. The summed E-state index contributed by atoms with van der Waals surface area (Å²) in [6.45, 7) is 4.79. The van der Waals surface area contributed by atoms with Crippen LogP contribution in [-0.4, -0.2) is 49.7 Å². The third-order valence-electron chi connectivity index (χ3n) is 4.67. The largest absolute Gasteiger partial charge is 0.336 e. The Balaban J connectivity index is 1.72. The molecule has 0 aliphatic carbocycles. The molecule has 1 aliphatic heterocycles. The van der Waals surface area contributed by atoms with Crippen molar-refractivity contribution >= 4 is 27.5 Å². The molecule has 1 amide bonds. The molecule has 2 aromatic rings. The maximum absolute atomic E-state index is 13.3. The Bertz CT molecular complexity index is 986. The number of carbonyl (C=O) groups excluding carboxylic acids is 1. The average molecular weight is 411 g/mol. The van der Waals surface area contributed by atoms with Crippen LogP contribution in [0.1, 0.15) is 21.5 Å². The van der Waals surface area contributed by atoms with Crippen molar-refractivity contribution in [3.05, 3.63) is 63.9 Å². The summed E-state index contributed by atoms with van der Waals surface area (Å²) >= 11 is 5.71. The second kappa shape index (κ2) is 7.58. The van der Waals surface area contributed by atoms with Crippen LogP contribution in [0, 0.1) is 19.7 Å². The fourth-order valence-electron chi connectivity index (χ4n) is 3.14. The topological polar surface area (TPSA) is 57.7 Å². The summed E-state index contributed by atoms with van der Waals surface area (Å²) in [5, 5.41) is -0.236. The Morgan fingerprint density at radius 2 is 1.70 bits per heavy atom. The van der Waals surface area contributed by atoms with Crippen LogP contribution in [-0.2, 0) is 10.0 Å². The number of halogens is 2. The Morgan fingerprint density at radius 3 is 2.30 bits per heavy atom. The molecule has 8 heteroatoms. The summed E-state index contributed by atoms with van der Waals surface area (Å²) in [6.07, 6.45) is 0. The van der Waals surface area contributed by atoms with Crippen LogP contribution in [0.25, 0.3) is 0 Å². The number of amides is 1. The zero-order chi connectivity index (χ0) is 19.8. The van der Waals surface area contributed by atoms with Crippen molar-refractivity contribution in [3.63, 3.8) is 0 Å². The predicted molar refractivity (Wildman–Crippen MR) is 102 cm³/mol. The predicted octanol–water partition coefficient (Wildman–Crippen LogP) is 3.24. The SMILES string of the molecule is Cc1ccc(C(=O)N2CCN(S(=O)(=O)c3ccc(F)c(Cl)c3)CC2)c(C)c1. The van der Waals surface area contributed by atoms with Crippen LogP contribution >= 0.6 is 11.6 Å². The average Bonchev–Trinajstić information content (AvgIpc) is 2.63. The number of nitrogens with zero attached hydrogens (tertiary/aromatic N) is 2. The van der Waals surface area contributed by atoms with E-state index in [-0.39, 0.29) is 28.9 Å². The summed E-state index contributed by atoms with van der Waals surface area (Å²) in [5.74, 6) is -0.770. The number of hydrogen-bond acceptors (Lipinski definition) is 3. The van der Waals surface area contributed by atoms with Crippen LogP contribution in [0.4, 0.5) is 4.39 Å². The zero-order valence-electron chi connectivity index (χ0n) is 15.1. The molecule has 0 radical (unpaired) electrons. The van der Waals surface area contributed by atoms with E-state index < -0.39 is 15.8 Å². The molecular formula is C19H20ClFN2O3S. The van der Waals surface area contributed by atoms with Crippen LogP contribution in [0.3, 0.4) is 0 Å². The first-order chi connectivity index (χ1) is 12.7. The van der Waals surface area contributed by atoms with Gasteiger partial charge in [0, 0.05) is 31.7 Å². The molecule has 2 aromatic carbocycles. The van der Waals surface area contributed by atoms with E-state index in [9.17, 15) is 17.6 Å². The summed E-state index contributed by atoms with van der Waals surface area (Å²) in [5.41, 5.74) is 2.61. The third-order valence-corrected chi connectivity index (χ3v) is 6.85. The van der Waals surface area contributed by atoms with Gasteiger partial charge in [0.1, 0.15) is 5.82 Å². The molecule has 1 fully saturated rings. The molecule has 27 heavy (non-hydrogen) atoms. The summed E-state index contributed by atoms with van der Waals surface area (Å²) < 4.78 is 40.1. The van der Waals surface area contributed by atoms with Gasteiger partial charge in [0.2, 0.25) is 10.0 Å². The van der Waals surface area contributed by atoms with E-state index in [1.54, 1.807) is 11.0 Å². The van der Waals surface area contributed by atoms with Gasteiger partial charge in [0.15, 0.2) is 0 Å². The minimum atomic E-state index is -3.78. The van der Waals surface area contributed by atoms with E-state index in [0.717, 1.165) is 23.3 Å². The number of piperazine rings is 1. The minimum absolute atomic E-state index is 0.0527. The second-order valence-corrected chi connectivity index (χ2v) is 8.94. The van der Waals surface area contributed by atoms with Gasteiger partial charge in [0.05, 0.1) is 9.92 Å². The summed E-state index contributed by atoms with van der Waals surface area (Å²) in [6, 6.07) is 8.99. The number of aryl methyl sites for hydroxylation is 2. The summed E-state index contributed by atoms with van der Waals surface area (Å²) in [7, 11) is -3.78. The summed E-state index contributed by atoms with van der Waals surface area (Å²) in [4.78, 5) is 14.3. The van der Waals surface area contributed by atoms with Crippen LogP contribution in [0.15, 0.2) is 41.3 Å². The Kier molecular flexibility index (Phi) is 5.55. The highest BCUT2D eigenvalue weighted by Crippen LogP contribution is 2.24. The van der Waals surface area contributed by atoms with Crippen molar-refractivity contribution in [3.8, 4) is 0 Å². The quantitative estimate of drug-likeness (QED) is 0.780. The maximum atomic E-state index is 13.3. The van der Waals surface area contributed by atoms with E-state index in [2.05, 4.69) is 0 Å². The first-order valence-corrected chi connectivity index (χ1v) is 10.3. The number of hydrogen-bond donors (Lipinski definition) is 0. The van der Waals surface area contributed by atoms with E-state index in [1.165, 1.54) is 10.4 Å². The highest BCUT2D eigenvalue weighted by molar-refractivity contribution is 7.89. The number of rotatable bonds is 3. The van der Waals surface area contributed by atoms with E-state index in [4.69, 9.17) is 11.6 Å². The minimum Gasteiger partial charge on any atom is -0.336 e. The molecule has 0 bridgehead atoms. The normalized spacial score (nSPS) is 15.8.